The third-order valence-corrected chi connectivity index (χ3v) is 7.25. The molecule has 0 saturated carbocycles. The molecule has 0 atom stereocenters. The second kappa shape index (κ2) is 13.9. The molecule has 4 heterocycles. The number of hydrogen-bond donors (Lipinski definition) is 2. The van der Waals surface area contributed by atoms with Crippen molar-refractivity contribution < 1.29 is 18.3 Å². The molecular formula is C34H36F2N6O2. The highest BCUT2D eigenvalue weighted by molar-refractivity contribution is 5.68. The maximum Gasteiger partial charge on any atom is 0.161 e. The van der Waals surface area contributed by atoms with E-state index in [1.165, 1.54) is 11.1 Å². The summed E-state index contributed by atoms with van der Waals surface area (Å²) in [6, 6.07) is 19.7. The quantitative estimate of drug-likeness (QED) is 0.171. The smallest absolute Gasteiger partial charge is 0.161 e. The molecule has 0 saturated heterocycles. The van der Waals surface area contributed by atoms with Crippen molar-refractivity contribution in [2.45, 2.75) is 13.8 Å². The van der Waals surface area contributed by atoms with E-state index >= 15 is 0 Å². The number of nitrogens with zero attached hydrogens (tertiary/aromatic N) is 4. The third-order valence-electron chi connectivity index (χ3n) is 7.25. The number of nitrogens with one attached hydrogen (secondary N) is 2. The van der Waals surface area contributed by atoms with Gasteiger partial charge in [-0.2, -0.15) is 0 Å². The van der Waals surface area contributed by atoms with Crippen molar-refractivity contribution in [2.24, 2.45) is 0 Å². The Labute approximate surface area is 255 Å². The van der Waals surface area contributed by atoms with Crippen molar-refractivity contribution in [3.8, 4) is 34.0 Å². The van der Waals surface area contributed by atoms with Gasteiger partial charge < -0.3 is 28.9 Å². The van der Waals surface area contributed by atoms with Gasteiger partial charge in [0.1, 0.15) is 24.6 Å². The van der Waals surface area contributed by atoms with E-state index in [0.29, 0.717) is 24.6 Å². The Morgan fingerprint density at radius 3 is 1.66 bits per heavy atom. The van der Waals surface area contributed by atoms with Gasteiger partial charge in [-0.1, -0.05) is 12.1 Å². The van der Waals surface area contributed by atoms with Gasteiger partial charge >= 0.3 is 0 Å². The van der Waals surface area contributed by atoms with Crippen molar-refractivity contribution >= 4 is 22.7 Å². The van der Waals surface area contributed by atoms with E-state index in [0.717, 1.165) is 45.2 Å². The standard InChI is InChI=1S/C17H18FN3O2.C17H18FN3/c1-22-15-4-3-12(9-16(15)23-2)14-11-21-8-5-13(19-7-6-18)10-17(21)20-14;1-12-3-4-14(9-13(12)2)16-11-21-8-5-15(19-7-6-18)10-17(21)20-16/h3-5,8-11,19H,6-7H2,1-2H3;3-5,8-11,19H,6-7H2,1-2H3. The first kappa shape index (κ1) is 30.3. The fourth-order valence-corrected chi connectivity index (χ4v) is 4.74. The van der Waals surface area contributed by atoms with E-state index in [-0.39, 0.29) is 6.67 Å². The molecule has 4 aromatic heterocycles. The van der Waals surface area contributed by atoms with Crippen LogP contribution in [0.5, 0.6) is 11.5 Å². The Kier molecular flexibility index (Phi) is 9.59. The predicted octanol–water partition coefficient (Wildman–Crippen LogP) is 7.40. The number of aromatic nitrogens is 4. The molecule has 2 aromatic carbocycles. The number of ether oxygens (including phenoxy) is 2. The second-order valence-corrected chi connectivity index (χ2v) is 10.2. The summed E-state index contributed by atoms with van der Waals surface area (Å²) >= 11 is 0. The zero-order valence-electron chi connectivity index (χ0n) is 25.3. The lowest BCUT2D eigenvalue weighted by Crippen LogP contribution is -2.02. The Morgan fingerprint density at radius 2 is 1.16 bits per heavy atom. The summed E-state index contributed by atoms with van der Waals surface area (Å²) in [6.45, 7) is 4.03. The zero-order valence-corrected chi connectivity index (χ0v) is 25.3. The van der Waals surface area contributed by atoms with Crippen LogP contribution in [-0.2, 0) is 0 Å². The number of alkyl halides is 2. The lowest BCUT2D eigenvalue weighted by Gasteiger charge is -2.08. The molecular weight excluding hydrogens is 562 g/mol. The van der Waals surface area contributed by atoms with E-state index in [1.54, 1.807) is 14.2 Å². The molecule has 8 nitrogen and oxygen atoms in total. The van der Waals surface area contributed by atoms with Gasteiger partial charge in [-0.25, -0.2) is 18.7 Å². The monoisotopic (exact) mass is 598 g/mol. The molecule has 2 N–H and O–H groups in total. The molecule has 6 rings (SSSR count). The molecule has 0 fully saturated rings. The number of hydrogen-bond acceptors (Lipinski definition) is 6. The first-order chi connectivity index (χ1) is 21.4. The molecule has 0 spiro atoms. The van der Waals surface area contributed by atoms with Gasteiger partial charge in [-0.15, -0.1) is 0 Å². The summed E-state index contributed by atoms with van der Waals surface area (Å²) in [7, 11) is 3.21. The van der Waals surface area contributed by atoms with Crippen molar-refractivity contribution in [2.75, 3.05) is 51.3 Å². The molecule has 0 aliphatic rings. The number of rotatable bonds is 10. The molecule has 0 bridgehead atoms. The first-order valence-corrected chi connectivity index (χ1v) is 14.3. The van der Waals surface area contributed by atoms with Gasteiger partial charge in [-0.05, 0) is 61.4 Å². The summed E-state index contributed by atoms with van der Waals surface area (Å²) in [5.41, 5.74) is 9.73. The Balaban J connectivity index is 0.000000175. The van der Waals surface area contributed by atoms with Crippen molar-refractivity contribution in [1.82, 2.24) is 18.8 Å². The number of aryl methyl sites for hydroxylation is 2. The molecule has 6 aromatic rings. The highest BCUT2D eigenvalue weighted by Crippen LogP contribution is 2.32. The van der Waals surface area contributed by atoms with Gasteiger partial charge in [0.25, 0.3) is 0 Å². The number of benzene rings is 2. The number of halogens is 2. The second-order valence-electron chi connectivity index (χ2n) is 10.2. The number of methoxy groups -OCH3 is 2. The SMILES string of the molecule is COc1ccc(-c2cn3ccc(NCCF)cc3n2)cc1OC.Cc1ccc(-c2cn3ccc(NCCF)cc3n2)cc1C. The zero-order chi connectivity index (χ0) is 31.1. The summed E-state index contributed by atoms with van der Waals surface area (Å²) in [5.74, 6) is 1.34. The number of imidazole rings is 2. The van der Waals surface area contributed by atoms with Crippen LogP contribution < -0.4 is 20.1 Å². The van der Waals surface area contributed by atoms with E-state index in [4.69, 9.17) is 9.47 Å². The molecule has 0 unspecified atom stereocenters. The lowest BCUT2D eigenvalue weighted by molar-refractivity contribution is 0.355. The third kappa shape index (κ3) is 6.91. The van der Waals surface area contributed by atoms with Crippen LogP contribution in [0.3, 0.4) is 0 Å². The molecule has 0 radical (unpaired) electrons. The summed E-state index contributed by atoms with van der Waals surface area (Å²) in [6.07, 6.45) is 7.79. The predicted molar refractivity (Wildman–Crippen MR) is 173 cm³/mol. The van der Waals surface area contributed by atoms with Crippen LogP contribution in [0, 0.1) is 13.8 Å². The fraction of sp³-hybridized carbons (Fsp3) is 0.235. The molecule has 0 aliphatic heterocycles. The van der Waals surface area contributed by atoms with Gasteiger partial charge in [0.05, 0.1) is 25.6 Å². The van der Waals surface area contributed by atoms with Crippen LogP contribution in [-0.4, -0.2) is 59.4 Å². The van der Waals surface area contributed by atoms with Crippen molar-refractivity contribution in [1.29, 1.82) is 0 Å². The van der Waals surface area contributed by atoms with Gasteiger partial charge in [0.15, 0.2) is 11.5 Å². The van der Waals surface area contributed by atoms with E-state index < -0.39 is 6.67 Å². The molecule has 228 valence electrons. The number of anilines is 2. The van der Waals surface area contributed by atoms with Crippen LogP contribution in [0.15, 0.2) is 85.5 Å². The minimum absolute atomic E-state index is 0.291. The molecule has 0 amide bonds. The normalized spacial score (nSPS) is 10.9. The lowest BCUT2D eigenvalue weighted by atomic mass is 10.1. The van der Waals surface area contributed by atoms with Gasteiger partial charge in [0.2, 0.25) is 0 Å². The van der Waals surface area contributed by atoms with E-state index in [2.05, 4.69) is 52.6 Å². The maximum atomic E-state index is 12.2. The fourth-order valence-electron chi connectivity index (χ4n) is 4.74. The van der Waals surface area contributed by atoms with Crippen LogP contribution in [0.2, 0.25) is 0 Å². The molecule has 0 aliphatic carbocycles. The highest BCUT2D eigenvalue weighted by Gasteiger charge is 2.10. The van der Waals surface area contributed by atoms with Gasteiger partial charge in [0, 0.05) is 72.5 Å². The topological polar surface area (TPSA) is 77.1 Å². The van der Waals surface area contributed by atoms with E-state index in [9.17, 15) is 8.78 Å². The Bertz CT molecular complexity index is 1870. The van der Waals surface area contributed by atoms with Crippen LogP contribution >= 0.6 is 0 Å². The first-order valence-electron chi connectivity index (χ1n) is 14.3. The number of pyridine rings is 2. The Morgan fingerprint density at radius 1 is 0.636 bits per heavy atom. The van der Waals surface area contributed by atoms with Crippen LogP contribution in [0.1, 0.15) is 11.1 Å². The van der Waals surface area contributed by atoms with Crippen LogP contribution in [0.4, 0.5) is 20.2 Å². The van der Waals surface area contributed by atoms with Crippen LogP contribution in [0.25, 0.3) is 33.8 Å². The highest BCUT2D eigenvalue weighted by atomic mass is 19.1. The maximum absolute atomic E-state index is 12.2. The molecule has 44 heavy (non-hydrogen) atoms. The van der Waals surface area contributed by atoms with Gasteiger partial charge in [-0.3, -0.25) is 0 Å². The minimum Gasteiger partial charge on any atom is -0.493 e. The Hall–Kier alpha value is -5.12. The summed E-state index contributed by atoms with van der Waals surface area (Å²) < 4.78 is 38.9. The largest absolute Gasteiger partial charge is 0.493 e. The average molecular weight is 599 g/mol. The number of fused-ring (bicyclic) bond motifs is 2. The van der Waals surface area contributed by atoms with Crippen molar-refractivity contribution in [3.63, 3.8) is 0 Å². The molecule has 10 heteroatoms. The van der Waals surface area contributed by atoms with E-state index in [1.807, 2.05) is 76.1 Å². The summed E-state index contributed by atoms with van der Waals surface area (Å²) in [5, 5.41) is 6.03. The summed E-state index contributed by atoms with van der Waals surface area (Å²) in [4.78, 5) is 9.27. The average Bonchev–Trinajstić information content (AvgIpc) is 3.68. The minimum atomic E-state index is -0.406. The van der Waals surface area contributed by atoms with Crippen molar-refractivity contribution in [3.05, 3.63) is 96.6 Å².